The van der Waals surface area contributed by atoms with E-state index in [1.807, 2.05) is 0 Å². The first kappa shape index (κ1) is 5.95. The minimum Gasteiger partial charge on any atom is -0.330 e. The molecule has 0 aromatic rings. The molecule has 0 aliphatic carbocycles. The number of nitroso groups, excluding NO2 is 1. The van der Waals surface area contributed by atoms with Crippen LogP contribution in [0.4, 0.5) is 0 Å². The summed E-state index contributed by atoms with van der Waals surface area (Å²) in [6.07, 6.45) is 0. The van der Waals surface area contributed by atoms with Gasteiger partial charge in [0.1, 0.15) is 0 Å². The second-order valence-corrected chi connectivity index (χ2v) is 1.55. The summed E-state index contributed by atoms with van der Waals surface area (Å²) >= 11 is 0. The lowest BCUT2D eigenvalue weighted by molar-refractivity contribution is 0.391. The van der Waals surface area contributed by atoms with Crippen LogP contribution in [-0.2, 0) is 4.52 Å². The fourth-order valence-electron chi connectivity index (χ4n) is 0.0333. The molecule has 0 aromatic carbocycles. The standard InChI is InChI=1S/CH4NO3P/c1-5-6(4)2-3/h4H,1H3. The van der Waals surface area contributed by atoms with E-state index in [4.69, 9.17) is 9.80 Å². The van der Waals surface area contributed by atoms with Gasteiger partial charge in [0.2, 0.25) is 0 Å². The predicted molar refractivity (Wildman–Crippen MR) is 21.9 cm³/mol. The Hall–Kier alpha value is -0.0500. The highest BCUT2D eigenvalue weighted by Crippen LogP contribution is 2.29. The van der Waals surface area contributed by atoms with Gasteiger partial charge in [-0.25, -0.2) is 0 Å². The molecule has 1 N–H and O–H groups in total. The van der Waals surface area contributed by atoms with Crippen molar-refractivity contribution in [2.45, 2.75) is 0 Å². The van der Waals surface area contributed by atoms with Crippen LogP contribution in [0.1, 0.15) is 0 Å². The van der Waals surface area contributed by atoms with Gasteiger partial charge in [0.25, 0.3) is 0 Å². The minimum absolute atomic E-state index is 1.22. The number of rotatable bonds is 2. The minimum atomic E-state index is -2.01. The Balaban J connectivity index is 2.96. The first-order valence-corrected chi connectivity index (χ1v) is 2.34. The third-order valence-corrected chi connectivity index (χ3v) is 0.699. The molecule has 0 radical (unpaired) electrons. The van der Waals surface area contributed by atoms with Crippen molar-refractivity contribution in [1.82, 2.24) is 0 Å². The van der Waals surface area contributed by atoms with Crippen LogP contribution in [0.15, 0.2) is 4.95 Å². The highest BCUT2D eigenvalue weighted by atomic mass is 31.2. The SMILES string of the molecule is COP(O)N=O. The van der Waals surface area contributed by atoms with Crippen LogP contribution in [0, 0.1) is 4.91 Å². The molecule has 4 nitrogen and oxygen atoms in total. The molecule has 1 atom stereocenters. The van der Waals surface area contributed by atoms with Crippen molar-refractivity contribution in [3.8, 4) is 0 Å². The Bertz CT molecular complexity index is 48.1. The van der Waals surface area contributed by atoms with Crippen LogP contribution < -0.4 is 0 Å². The zero-order valence-corrected chi connectivity index (χ0v) is 4.05. The summed E-state index contributed by atoms with van der Waals surface area (Å²) in [5.74, 6) is 0. The smallest absolute Gasteiger partial charge is 0.330 e. The molecule has 0 saturated heterocycles. The molecule has 0 saturated carbocycles. The summed E-state index contributed by atoms with van der Waals surface area (Å²) in [6, 6.07) is 0. The summed E-state index contributed by atoms with van der Waals surface area (Å²) in [7, 11) is -0.791. The Morgan fingerprint density at radius 3 is 2.50 bits per heavy atom. The molecular weight excluding hydrogens is 105 g/mol. The van der Waals surface area contributed by atoms with E-state index in [1.54, 1.807) is 0 Å². The van der Waals surface area contributed by atoms with Crippen LogP contribution in [0.25, 0.3) is 0 Å². The number of hydrogen-bond donors (Lipinski definition) is 1. The van der Waals surface area contributed by atoms with E-state index in [1.165, 1.54) is 7.11 Å². The number of nitrogens with zero attached hydrogens (tertiary/aromatic N) is 1. The second-order valence-electron chi connectivity index (χ2n) is 0.517. The molecule has 0 fully saturated rings. The topological polar surface area (TPSA) is 58.9 Å². The van der Waals surface area contributed by atoms with E-state index < -0.39 is 8.53 Å². The Labute approximate surface area is 36.1 Å². The zero-order chi connectivity index (χ0) is 4.99. The van der Waals surface area contributed by atoms with E-state index in [0.29, 0.717) is 0 Å². The fourth-order valence-corrected chi connectivity index (χ4v) is 0.100. The van der Waals surface area contributed by atoms with Crippen molar-refractivity contribution < 1.29 is 9.42 Å². The van der Waals surface area contributed by atoms with Crippen LogP contribution in [0.5, 0.6) is 0 Å². The van der Waals surface area contributed by atoms with Gasteiger partial charge in [-0.2, -0.15) is 0 Å². The monoisotopic (exact) mass is 109 g/mol. The van der Waals surface area contributed by atoms with Crippen LogP contribution in [-0.4, -0.2) is 12.0 Å². The van der Waals surface area contributed by atoms with Gasteiger partial charge < -0.3 is 9.42 Å². The highest BCUT2D eigenvalue weighted by molar-refractivity contribution is 7.44. The van der Waals surface area contributed by atoms with E-state index in [2.05, 4.69) is 9.47 Å². The van der Waals surface area contributed by atoms with Crippen LogP contribution in [0.3, 0.4) is 0 Å². The van der Waals surface area contributed by atoms with E-state index in [9.17, 15) is 0 Å². The fraction of sp³-hybridized carbons (Fsp3) is 1.00. The maximum Gasteiger partial charge on any atom is 0.349 e. The molecule has 6 heavy (non-hydrogen) atoms. The summed E-state index contributed by atoms with van der Waals surface area (Å²) in [5, 5.41) is 0. The van der Waals surface area contributed by atoms with Crippen molar-refractivity contribution in [3.05, 3.63) is 4.91 Å². The molecule has 0 aliphatic heterocycles. The average Bonchev–Trinajstić information content (AvgIpc) is 1.65. The summed E-state index contributed by atoms with van der Waals surface area (Å²) < 4.78 is 4.04. The van der Waals surface area contributed by atoms with Gasteiger partial charge in [-0.1, -0.05) is 0 Å². The van der Waals surface area contributed by atoms with Gasteiger partial charge in [-0.3, -0.25) is 0 Å². The van der Waals surface area contributed by atoms with Crippen LogP contribution >= 0.6 is 8.53 Å². The second kappa shape index (κ2) is 3.15. The first-order valence-electron chi connectivity index (χ1n) is 1.17. The Kier molecular flexibility index (Phi) is 3.13. The maximum absolute atomic E-state index is 9.14. The summed E-state index contributed by atoms with van der Waals surface area (Å²) in [4.78, 5) is 19.3. The lowest BCUT2D eigenvalue weighted by Crippen LogP contribution is -1.65. The van der Waals surface area contributed by atoms with E-state index >= 15 is 0 Å². The molecular formula is CH4NO3P. The van der Waals surface area contributed by atoms with Gasteiger partial charge in [0.05, 0.1) is 0 Å². The van der Waals surface area contributed by atoms with Gasteiger partial charge in [0.15, 0.2) is 0 Å². The summed E-state index contributed by atoms with van der Waals surface area (Å²) in [5.41, 5.74) is 0. The Morgan fingerprint density at radius 2 is 2.50 bits per heavy atom. The molecule has 5 heteroatoms. The zero-order valence-electron chi connectivity index (χ0n) is 3.16. The van der Waals surface area contributed by atoms with Crippen molar-refractivity contribution in [1.29, 1.82) is 0 Å². The molecule has 0 bridgehead atoms. The summed E-state index contributed by atoms with van der Waals surface area (Å²) in [6.45, 7) is 0. The third-order valence-electron chi connectivity index (χ3n) is 0.233. The molecule has 0 aromatic heterocycles. The quantitative estimate of drug-likeness (QED) is 0.417. The predicted octanol–water partition coefficient (Wildman–Crippen LogP) is 0.618. The van der Waals surface area contributed by atoms with Crippen molar-refractivity contribution in [2.75, 3.05) is 7.11 Å². The van der Waals surface area contributed by atoms with Crippen molar-refractivity contribution >= 4 is 8.53 Å². The molecule has 0 amide bonds. The molecule has 0 heterocycles. The van der Waals surface area contributed by atoms with E-state index in [-0.39, 0.29) is 0 Å². The molecule has 0 aliphatic rings. The molecule has 36 valence electrons. The third kappa shape index (κ3) is 2.20. The highest BCUT2D eigenvalue weighted by Gasteiger charge is 1.95. The van der Waals surface area contributed by atoms with Gasteiger partial charge in [-0.15, -0.1) is 4.91 Å². The Morgan fingerprint density at radius 1 is 2.00 bits per heavy atom. The van der Waals surface area contributed by atoms with E-state index in [0.717, 1.165) is 0 Å². The lowest BCUT2D eigenvalue weighted by Gasteiger charge is -1.88. The van der Waals surface area contributed by atoms with Gasteiger partial charge >= 0.3 is 8.53 Å². The molecule has 0 spiro atoms. The van der Waals surface area contributed by atoms with Gasteiger partial charge in [-0.05, 0) is 0 Å². The first-order chi connectivity index (χ1) is 2.81. The van der Waals surface area contributed by atoms with Crippen molar-refractivity contribution in [3.63, 3.8) is 0 Å². The van der Waals surface area contributed by atoms with Crippen molar-refractivity contribution in [2.24, 2.45) is 4.95 Å². The molecule has 0 rings (SSSR count). The van der Waals surface area contributed by atoms with Gasteiger partial charge in [0, 0.05) is 12.1 Å². The molecule has 1 unspecified atom stereocenters. The van der Waals surface area contributed by atoms with Crippen LogP contribution in [0.2, 0.25) is 0 Å². The normalized spacial score (nSPS) is 13.7. The lowest BCUT2D eigenvalue weighted by atomic mass is 11.8. The average molecular weight is 109 g/mol. The largest absolute Gasteiger partial charge is 0.349 e. The maximum atomic E-state index is 9.14. The number of hydrogen-bond acceptors (Lipinski definition) is 4.